The Labute approximate surface area is 210 Å². The number of carbonyl (C=O) groups excluding carboxylic acids is 8. The molecule has 0 N–H and O–H groups in total. The summed E-state index contributed by atoms with van der Waals surface area (Å²) in [6.45, 7) is 4.23. The second-order valence-electron chi connectivity index (χ2n) is 7.95. The van der Waals surface area contributed by atoms with Crippen LogP contribution < -0.4 is 0 Å². The standard InChI is InChI=1S/C25H24O12/c1-12(26)34-20-10-18(30)24(36-14(3)28)16(22(20)32)8-6-5-7-9-17-23(33)21(35-13(2)27)11-19(31)25(17)37-15(4)29/h10-11H,5-9H2,1-4H3. The van der Waals surface area contributed by atoms with Crippen LogP contribution in [-0.2, 0) is 57.3 Å². The van der Waals surface area contributed by atoms with Crippen LogP contribution in [0.4, 0.5) is 0 Å². The van der Waals surface area contributed by atoms with Crippen molar-refractivity contribution in [1.29, 1.82) is 0 Å². The van der Waals surface area contributed by atoms with E-state index in [1.165, 1.54) is 0 Å². The molecule has 0 aromatic carbocycles. The topological polar surface area (TPSA) is 173 Å². The highest BCUT2D eigenvalue weighted by Gasteiger charge is 2.34. The average Bonchev–Trinajstić information content (AvgIpc) is 2.77. The Bertz CT molecular complexity index is 1130. The zero-order valence-electron chi connectivity index (χ0n) is 20.6. The van der Waals surface area contributed by atoms with Gasteiger partial charge in [-0.3, -0.25) is 38.4 Å². The fourth-order valence-electron chi connectivity index (χ4n) is 3.51. The van der Waals surface area contributed by atoms with Gasteiger partial charge < -0.3 is 18.9 Å². The van der Waals surface area contributed by atoms with Crippen LogP contribution in [-0.4, -0.2) is 47.0 Å². The summed E-state index contributed by atoms with van der Waals surface area (Å²) < 4.78 is 19.4. The van der Waals surface area contributed by atoms with Crippen molar-refractivity contribution < 1.29 is 57.3 Å². The van der Waals surface area contributed by atoms with Crippen molar-refractivity contribution in [1.82, 2.24) is 0 Å². The third kappa shape index (κ3) is 7.75. The number of Topliss-reactive ketones (excluding diaryl/α,β-unsaturated/α-hetero) is 2. The minimum Gasteiger partial charge on any atom is -0.422 e. The molecule has 2 aliphatic carbocycles. The van der Waals surface area contributed by atoms with Crippen LogP contribution in [0.1, 0.15) is 59.8 Å². The summed E-state index contributed by atoms with van der Waals surface area (Å²) in [4.78, 5) is 95.5. The Kier molecular flexibility index (Phi) is 9.69. The van der Waals surface area contributed by atoms with Gasteiger partial charge in [-0.25, -0.2) is 0 Å². The zero-order valence-corrected chi connectivity index (χ0v) is 20.6. The Morgan fingerprint density at radius 3 is 1.16 bits per heavy atom. The SMILES string of the molecule is CC(=O)OC1=CC(=O)C(OC(C)=O)=C(CCCCCC2=C(OC(C)=O)C(=O)C=C(OC(C)=O)C2=O)C1=O. The van der Waals surface area contributed by atoms with Crippen LogP contribution in [0.5, 0.6) is 0 Å². The molecule has 12 nitrogen and oxygen atoms in total. The predicted molar refractivity (Wildman–Crippen MR) is 120 cm³/mol. The number of ketones is 4. The summed E-state index contributed by atoms with van der Waals surface area (Å²) in [6, 6.07) is 0. The molecule has 0 bridgehead atoms. The first-order valence-corrected chi connectivity index (χ1v) is 11.1. The lowest BCUT2D eigenvalue weighted by Crippen LogP contribution is -2.24. The molecule has 2 aliphatic rings. The summed E-state index contributed by atoms with van der Waals surface area (Å²) in [7, 11) is 0. The van der Waals surface area contributed by atoms with Crippen LogP contribution in [0.25, 0.3) is 0 Å². The highest BCUT2D eigenvalue weighted by Crippen LogP contribution is 2.28. The summed E-state index contributed by atoms with van der Waals surface area (Å²) in [5, 5.41) is 0. The molecule has 0 aromatic rings. The quantitative estimate of drug-likeness (QED) is 0.178. The molecule has 0 saturated heterocycles. The van der Waals surface area contributed by atoms with Crippen molar-refractivity contribution in [3.63, 3.8) is 0 Å². The van der Waals surface area contributed by atoms with Crippen LogP contribution in [0.15, 0.2) is 46.3 Å². The van der Waals surface area contributed by atoms with Gasteiger partial charge in [-0.1, -0.05) is 6.42 Å². The maximum absolute atomic E-state index is 12.7. The molecule has 0 aromatic heterocycles. The molecule has 37 heavy (non-hydrogen) atoms. The molecule has 196 valence electrons. The summed E-state index contributed by atoms with van der Waals surface area (Å²) in [5.41, 5.74) is -0.300. The molecule has 0 saturated carbocycles. The number of carbonyl (C=O) groups is 8. The fraction of sp³-hybridized carbons (Fsp3) is 0.360. The lowest BCUT2D eigenvalue weighted by molar-refractivity contribution is -0.142. The predicted octanol–water partition coefficient (Wildman–Crippen LogP) is 1.77. The first-order chi connectivity index (χ1) is 17.3. The second-order valence-corrected chi connectivity index (χ2v) is 7.95. The number of ether oxygens (including phenoxy) is 4. The lowest BCUT2D eigenvalue weighted by Gasteiger charge is -2.18. The van der Waals surface area contributed by atoms with Gasteiger partial charge in [-0.05, 0) is 25.7 Å². The lowest BCUT2D eigenvalue weighted by atomic mass is 9.92. The van der Waals surface area contributed by atoms with Gasteiger partial charge in [-0.15, -0.1) is 0 Å². The minimum atomic E-state index is -0.819. The summed E-state index contributed by atoms with van der Waals surface area (Å²) in [5.74, 6) is -8.35. The van der Waals surface area contributed by atoms with Crippen LogP contribution >= 0.6 is 0 Å². The minimum absolute atomic E-state index is 0.0346. The molecule has 0 aliphatic heterocycles. The first kappa shape index (κ1) is 28.8. The first-order valence-electron chi connectivity index (χ1n) is 11.1. The Morgan fingerprint density at radius 1 is 0.541 bits per heavy atom. The van der Waals surface area contributed by atoms with Gasteiger partial charge in [0.1, 0.15) is 0 Å². The monoisotopic (exact) mass is 516 g/mol. The van der Waals surface area contributed by atoms with E-state index in [0.29, 0.717) is 6.42 Å². The smallest absolute Gasteiger partial charge is 0.308 e. The van der Waals surface area contributed by atoms with E-state index in [1.807, 2.05) is 0 Å². The molecule has 0 heterocycles. The highest BCUT2D eigenvalue weighted by molar-refractivity contribution is 6.22. The second kappa shape index (κ2) is 12.5. The van der Waals surface area contributed by atoms with Crippen molar-refractivity contribution in [3.8, 4) is 0 Å². The zero-order chi connectivity index (χ0) is 27.9. The molecule has 0 unspecified atom stereocenters. The molecule has 0 fully saturated rings. The van der Waals surface area contributed by atoms with Gasteiger partial charge in [0.25, 0.3) is 0 Å². The molecule has 0 amide bonds. The average molecular weight is 516 g/mol. The largest absolute Gasteiger partial charge is 0.422 e. The van der Waals surface area contributed by atoms with E-state index >= 15 is 0 Å². The number of allylic oxidation sites excluding steroid dienone is 4. The third-order valence-electron chi connectivity index (χ3n) is 4.87. The Hall–Kier alpha value is -4.48. The summed E-state index contributed by atoms with van der Waals surface area (Å²) >= 11 is 0. The van der Waals surface area contributed by atoms with Crippen molar-refractivity contribution >= 4 is 47.0 Å². The van der Waals surface area contributed by atoms with Gasteiger partial charge in [0, 0.05) is 39.8 Å². The van der Waals surface area contributed by atoms with E-state index in [2.05, 4.69) is 0 Å². The molecular weight excluding hydrogens is 492 g/mol. The van der Waals surface area contributed by atoms with E-state index < -0.39 is 70.0 Å². The number of unbranched alkanes of at least 4 members (excludes halogenated alkanes) is 2. The van der Waals surface area contributed by atoms with Crippen LogP contribution in [0.3, 0.4) is 0 Å². The molecule has 0 spiro atoms. The maximum Gasteiger partial charge on any atom is 0.308 e. The number of hydrogen-bond acceptors (Lipinski definition) is 12. The van der Waals surface area contributed by atoms with Gasteiger partial charge in [0.15, 0.2) is 23.0 Å². The van der Waals surface area contributed by atoms with Gasteiger partial charge in [0.2, 0.25) is 23.1 Å². The van der Waals surface area contributed by atoms with Crippen LogP contribution in [0.2, 0.25) is 0 Å². The Balaban J connectivity index is 2.14. The number of esters is 4. The van der Waals surface area contributed by atoms with E-state index in [9.17, 15) is 38.4 Å². The molecule has 0 radical (unpaired) electrons. The fourth-order valence-corrected chi connectivity index (χ4v) is 3.51. The van der Waals surface area contributed by atoms with E-state index in [0.717, 1.165) is 39.8 Å². The molecule has 12 heteroatoms. The highest BCUT2D eigenvalue weighted by atomic mass is 16.6. The Morgan fingerprint density at radius 2 is 0.865 bits per heavy atom. The van der Waals surface area contributed by atoms with E-state index in [1.54, 1.807) is 0 Å². The van der Waals surface area contributed by atoms with E-state index in [-0.39, 0.29) is 36.8 Å². The van der Waals surface area contributed by atoms with Crippen molar-refractivity contribution in [2.75, 3.05) is 0 Å². The normalized spacial score (nSPS) is 15.8. The maximum atomic E-state index is 12.7. The van der Waals surface area contributed by atoms with Gasteiger partial charge in [0.05, 0.1) is 11.1 Å². The number of hydrogen-bond donors (Lipinski definition) is 0. The van der Waals surface area contributed by atoms with Gasteiger partial charge in [-0.2, -0.15) is 0 Å². The van der Waals surface area contributed by atoms with E-state index in [4.69, 9.17) is 18.9 Å². The van der Waals surface area contributed by atoms with Gasteiger partial charge >= 0.3 is 23.9 Å². The third-order valence-corrected chi connectivity index (χ3v) is 4.87. The van der Waals surface area contributed by atoms with Crippen molar-refractivity contribution in [2.24, 2.45) is 0 Å². The van der Waals surface area contributed by atoms with Crippen molar-refractivity contribution in [3.05, 3.63) is 46.3 Å². The van der Waals surface area contributed by atoms with Crippen LogP contribution in [0, 0.1) is 0 Å². The van der Waals surface area contributed by atoms with Crippen molar-refractivity contribution in [2.45, 2.75) is 59.8 Å². The summed E-state index contributed by atoms with van der Waals surface area (Å²) in [6.07, 6.45) is 2.34. The molecular formula is C25H24O12. The molecule has 2 rings (SSSR count). The molecule has 0 atom stereocenters. The number of rotatable bonds is 10.